The van der Waals surface area contributed by atoms with E-state index in [1.54, 1.807) is 18.5 Å². The van der Waals surface area contributed by atoms with E-state index in [1.165, 1.54) is 22.1 Å². The van der Waals surface area contributed by atoms with Crippen molar-refractivity contribution in [2.75, 3.05) is 37.7 Å². The van der Waals surface area contributed by atoms with Crippen LogP contribution in [0.2, 0.25) is 0 Å². The molecule has 0 atom stereocenters. The molecule has 32 heavy (non-hydrogen) atoms. The van der Waals surface area contributed by atoms with Crippen LogP contribution >= 0.6 is 11.3 Å². The first kappa shape index (κ1) is 21.8. The fraction of sp³-hybridized carbons (Fsp3) is 0.400. The molecule has 1 aliphatic rings. The number of aromatic carboxylic acids is 1. The molecule has 3 aromatic heterocycles. The van der Waals surface area contributed by atoms with Crippen molar-refractivity contribution in [2.24, 2.45) is 5.92 Å². The average molecular weight is 459 g/mol. The number of anilines is 1. The molecule has 3 aromatic rings. The first-order valence-corrected chi connectivity index (χ1v) is 11.0. The number of thiazole rings is 1. The maximum Gasteiger partial charge on any atom is 0.341 e. The highest BCUT2D eigenvalue weighted by Gasteiger charge is 2.34. The lowest BCUT2D eigenvalue weighted by Gasteiger charge is -2.38. The van der Waals surface area contributed by atoms with E-state index < -0.39 is 11.4 Å². The Bertz CT molecular complexity index is 1220. The molecule has 2 N–H and O–H groups in total. The van der Waals surface area contributed by atoms with Crippen molar-refractivity contribution in [1.29, 1.82) is 0 Å². The summed E-state index contributed by atoms with van der Waals surface area (Å²) in [5.41, 5.74) is -0.366. The second-order valence-corrected chi connectivity index (χ2v) is 8.13. The Kier molecular flexibility index (Phi) is 6.15. The number of ether oxygens (including phenoxy) is 1. The number of aromatic nitrogens is 4. The summed E-state index contributed by atoms with van der Waals surface area (Å²) in [4.78, 5) is 51.7. The topological polar surface area (TPSA) is 140 Å². The third-order valence-electron chi connectivity index (χ3n) is 5.16. The van der Waals surface area contributed by atoms with E-state index in [0.29, 0.717) is 49.6 Å². The number of nitrogens with zero attached hydrogens (tertiary/aromatic N) is 5. The summed E-state index contributed by atoms with van der Waals surface area (Å²) in [6, 6.07) is 0. The van der Waals surface area contributed by atoms with E-state index in [0.717, 1.165) is 0 Å². The van der Waals surface area contributed by atoms with E-state index >= 15 is 0 Å². The Morgan fingerprint density at radius 2 is 2.12 bits per heavy atom. The van der Waals surface area contributed by atoms with E-state index in [1.807, 2.05) is 11.8 Å². The van der Waals surface area contributed by atoms with Gasteiger partial charge in [0.1, 0.15) is 5.56 Å². The van der Waals surface area contributed by atoms with Gasteiger partial charge in [0, 0.05) is 44.0 Å². The standard InChI is InChI=1S/C20H22N6O5S/c1-3-31-6-4-21-17(28)12-8-25(9-12)19-23-11(2)14-15(27)13(18(29)30)10-26(16(14)24-19)20-22-5-7-32-20/h5,7,10,12H,3-4,6,8-9H2,1-2H3,(H,21,28)(H,29,30). The molecule has 1 aliphatic heterocycles. The van der Waals surface area contributed by atoms with Crippen molar-refractivity contribution in [3.63, 3.8) is 0 Å². The van der Waals surface area contributed by atoms with Gasteiger partial charge in [-0.1, -0.05) is 0 Å². The van der Waals surface area contributed by atoms with Crippen molar-refractivity contribution >= 4 is 40.2 Å². The molecule has 1 amide bonds. The van der Waals surface area contributed by atoms with Gasteiger partial charge in [0.15, 0.2) is 10.8 Å². The molecule has 11 nitrogen and oxygen atoms in total. The van der Waals surface area contributed by atoms with Crippen molar-refractivity contribution in [1.82, 2.24) is 24.8 Å². The lowest BCUT2D eigenvalue weighted by atomic mass is 10.00. The van der Waals surface area contributed by atoms with Gasteiger partial charge in [-0.15, -0.1) is 11.3 Å². The largest absolute Gasteiger partial charge is 0.477 e. The first-order chi connectivity index (χ1) is 15.4. The fourth-order valence-corrected chi connectivity index (χ4v) is 4.10. The van der Waals surface area contributed by atoms with Crippen molar-refractivity contribution < 1.29 is 19.4 Å². The second-order valence-electron chi connectivity index (χ2n) is 7.26. The predicted molar refractivity (Wildman–Crippen MR) is 118 cm³/mol. The minimum absolute atomic E-state index is 0.0516. The maximum absolute atomic E-state index is 12.8. The molecule has 0 unspecified atom stereocenters. The highest BCUT2D eigenvalue weighted by Crippen LogP contribution is 2.26. The van der Waals surface area contributed by atoms with Gasteiger partial charge in [0.25, 0.3) is 0 Å². The fourth-order valence-electron chi connectivity index (χ4n) is 3.48. The Hall–Kier alpha value is -3.38. The zero-order valence-electron chi connectivity index (χ0n) is 17.6. The number of carbonyl (C=O) groups excluding carboxylic acids is 1. The summed E-state index contributed by atoms with van der Waals surface area (Å²) in [6.07, 6.45) is 2.83. The number of pyridine rings is 1. The number of hydrogen-bond donors (Lipinski definition) is 2. The molecular formula is C20H22N6O5S. The zero-order chi connectivity index (χ0) is 22.8. The number of aryl methyl sites for hydroxylation is 1. The number of hydrogen-bond acceptors (Lipinski definition) is 9. The minimum Gasteiger partial charge on any atom is -0.477 e. The molecule has 0 aliphatic carbocycles. The summed E-state index contributed by atoms with van der Waals surface area (Å²) in [5, 5.41) is 14.7. The Morgan fingerprint density at radius 1 is 1.34 bits per heavy atom. The van der Waals surface area contributed by atoms with Crippen LogP contribution in [-0.2, 0) is 9.53 Å². The number of carboxylic acids is 1. The van der Waals surface area contributed by atoms with Crippen LogP contribution in [0, 0.1) is 12.8 Å². The van der Waals surface area contributed by atoms with Gasteiger partial charge in [0.05, 0.1) is 23.6 Å². The molecule has 168 valence electrons. The number of nitrogens with one attached hydrogen (secondary N) is 1. The maximum atomic E-state index is 12.8. The van der Waals surface area contributed by atoms with Crippen LogP contribution in [0.4, 0.5) is 5.95 Å². The lowest BCUT2D eigenvalue weighted by Crippen LogP contribution is -2.54. The molecule has 1 saturated heterocycles. The number of fused-ring (bicyclic) bond motifs is 1. The van der Waals surface area contributed by atoms with E-state index in [9.17, 15) is 19.5 Å². The second kappa shape index (κ2) is 9.01. The van der Waals surface area contributed by atoms with E-state index in [2.05, 4.69) is 20.3 Å². The summed E-state index contributed by atoms with van der Waals surface area (Å²) >= 11 is 1.29. The number of amides is 1. The van der Waals surface area contributed by atoms with E-state index in [4.69, 9.17) is 4.74 Å². The average Bonchev–Trinajstić information content (AvgIpc) is 3.24. The molecule has 0 saturated carbocycles. The summed E-state index contributed by atoms with van der Waals surface area (Å²) in [5.74, 6) is -1.19. The lowest BCUT2D eigenvalue weighted by molar-refractivity contribution is -0.125. The molecule has 4 rings (SSSR count). The van der Waals surface area contributed by atoms with Crippen LogP contribution in [-0.4, -0.2) is 69.4 Å². The van der Waals surface area contributed by atoms with Crippen molar-refractivity contribution in [3.05, 3.63) is 39.3 Å². The third kappa shape index (κ3) is 4.06. The molecule has 0 aromatic carbocycles. The monoisotopic (exact) mass is 458 g/mol. The highest BCUT2D eigenvalue weighted by molar-refractivity contribution is 7.12. The van der Waals surface area contributed by atoms with Gasteiger partial charge < -0.3 is 20.1 Å². The van der Waals surface area contributed by atoms with E-state index in [-0.39, 0.29) is 28.4 Å². The summed E-state index contributed by atoms with van der Waals surface area (Å²) < 4.78 is 6.72. The van der Waals surface area contributed by atoms with Gasteiger partial charge in [0.2, 0.25) is 17.3 Å². The smallest absolute Gasteiger partial charge is 0.341 e. The van der Waals surface area contributed by atoms with Crippen LogP contribution < -0.4 is 15.6 Å². The minimum atomic E-state index is -1.33. The van der Waals surface area contributed by atoms with Crippen LogP contribution in [0.5, 0.6) is 0 Å². The number of rotatable bonds is 8. The molecule has 0 spiro atoms. The van der Waals surface area contributed by atoms with Gasteiger partial charge in [-0.05, 0) is 13.8 Å². The van der Waals surface area contributed by atoms with Gasteiger partial charge in [-0.25, -0.2) is 14.8 Å². The Balaban J connectivity index is 1.64. The van der Waals surface area contributed by atoms with Gasteiger partial charge in [-0.2, -0.15) is 4.98 Å². The molecule has 0 bridgehead atoms. The number of carbonyl (C=O) groups is 2. The molecule has 4 heterocycles. The quantitative estimate of drug-likeness (QED) is 0.470. The third-order valence-corrected chi connectivity index (χ3v) is 5.93. The van der Waals surface area contributed by atoms with Gasteiger partial charge >= 0.3 is 5.97 Å². The molecule has 12 heteroatoms. The normalized spacial score (nSPS) is 13.9. The van der Waals surface area contributed by atoms with Crippen molar-refractivity contribution in [2.45, 2.75) is 13.8 Å². The molecular weight excluding hydrogens is 436 g/mol. The van der Waals surface area contributed by atoms with Crippen LogP contribution in [0.3, 0.4) is 0 Å². The molecule has 1 fully saturated rings. The first-order valence-electron chi connectivity index (χ1n) is 10.1. The van der Waals surface area contributed by atoms with Crippen LogP contribution in [0.1, 0.15) is 23.0 Å². The van der Waals surface area contributed by atoms with Gasteiger partial charge in [-0.3, -0.25) is 14.2 Å². The van der Waals surface area contributed by atoms with Crippen LogP contribution in [0.15, 0.2) is 22.6 Å². The zero-order valence-corrected chi connectivity index (χ0v) is 18.4. The highest BCUT2D eigenvalue weighted by atomic mass is 32.1. The SMILES string of the molecule is CCOCCNC(=O)C1CN(c2nc(C)c3c(=O)c(C(=O)O)cn(-c4nccs4)c3n2)C1. The van der Waals surface area contributed by atoms with Crippen LogP contribution in [0.25, 0.3) is 16.2 Å². The predicted octanol–water partition coefficient (Wildman–Crippen LogP) is 0.833. The Morgan fingerprint density at radius 3 is 2.78 bits per heavy atom. The summed E-state index contributed by atoms with van der Waals surface area (Å²) in [6.45, 7) is 5.96. The number of carboxylic acid groups (broad SMARTS) is 1. The summed E-state index contributed by atoms with van der Waals surface area (Å²) in [7, 11) is 0. The Labute approximate surface area is 186 Å². The molecule has 0 radical (unpaired) electrons. The van der Waals surface area contributed by atoms with Crippen molar-refractivity contribution in [3.8, 4) is 5.13 Å².